The quantitative estimate of drug-likeness (QED) is 0.502. The van der Waals surface area contributed by atoms with E-state index in [1.807, 2.05) is 37.3 Å². The summed E-state index contributed by atoms with van der Waals surface area (Å²) in [5.74, 6) is -0.111. The summed E-state index contributed by atoms with van der Waals surface area (Å²) in [5, 5.41) is 1.75. The summed E-state index contributed by atoms with van der Waals surface area (Å²) in [6.07, 6.45) is 5.69. The molecule has 33 heavy (non-hydrogen) atoms. The monoisotopic (exact) mass is 537 g/mol. The van der Waals surface area contributed by atoms with Crippen molar-refractivity contribution in [3.8, 4) is 0 Å². The van der Waals surface area contributed by atoms with E-state index in [2.05, 4.69) is 18.7 Å². The highest BCUT2D eigenvalue weighted by molar-refractivity contribution is 8.30. The van der Waals surface area contributed by atoms with E-state index in [1.54, 1.807) is 21.2 Å². The molecule has 0 spiro atoms. The van der Waals surface area contributed by atoms with Gasteiger partial charge in [0.2, 0.25) is 0 Å². The van der Waals surface area contributed by atoms with Gasteiger partial charge >= 0.3 is 0 Å². The molecule has 174 valence electrons. The Bertz CT molecular complexity index is 1330. The van der Waals surface area contributed by atoms with Gasteiger partial charge in [0.1, 0.15) is 13.9 Å². The fourth-order valence-corrected chi connectivity index (χ4v) is 7.58. The third-order valence-corrected chi connectivity index (χ3v) is 9.47. The maximum absolute atomic E-state index is 13.3. The van der Waals surface area contributed by atoms with Crippen LogP contribution in [-0.4, -0.2) is 32.8 Å². The molecule has 0 bridgehead atoms. The molecule has 4 rings (SSSR count). The zero-order chi connectivity index (χ0) is 23.7. The Morgan fingerprint density at radius 1 is 1.06 bits per heavy atom. The van der Waals surface area contributed by atoms with Gasteiger partial charge in [0.15, 0.2) is 0 Å². The number of thiazole rings is 1. The van der Waals surface area contributed by atoms with Gasteiger partial charge in [0.05, 0.1) is 15.2 Å². The second-order valence-electron chi connectivity index (χ2n) is 7.46. The highest BCUT2D eigenvalue weighted by atomic mass is 35.5. The van der Waals surface area contributed by atoms with Crippen molar-refractivity contribution in [2.75, 3.05) is 18.0 Å². The van der Waals surface area contributed by atoms with E-state index in [1.165, 1.54) is 23.1 Å². The van der Waals surface area contributed by atoms with E-state index in [0.29, 0.717) is 36.5 Å². The van der Waals surface area contributed by atoms with Crippen LogP contribution in [0.1, 0.15) is 33.6 Å². The molecule has 0 unspecified atom stereocenters. The van der Waals surface area contributed by atoms with Gasteiger partial charge in [-0.3, -0.25) is 19.1 Å². The number of carbonyl (C=O) groups excluding carboxylic acids is 1. The van der Waals surface area contributed by atoms with Crippen LogP contribution in [0.4, 0.5) is 5.69 Å². The number of thioether (sulfide) groups is 2. The number of halogens is 1. The number of thiocarbonyl (C=S) groups is 1. The Labute approximate surface area is 215 Å². The zero-order valence-corrected chi connectivity index (χ0v) is 22.6. The van der Waals surface area contributed by atoms with Crippen molar-refractivity contribution < 1.29 is 4.79 Å². The summed E-state index contributed by atoms with van der Waals surface area (Å²) in [4.78, 5) is 31.7. The van der Waals surface area contributed by atoms with Crippen molar-refractivity contribution in [1.29, 1.82) is 0 Å². The molecule has 5 nitrogen and oxygen atoms in total. The number of allylic oxidation sites excluding steroid dienone is 1. The number of benzene rings is 1. The lowest BCUT2D eigenvalue weighted by molar-refractivity contribution is -0.120. The van der Waals surface area contributed by atoms with E-state index in [-0.39, 0.29) is 11.5 Å². The van der Waals surface area contributed by atoms with Crippen molar-refractivity contribution in [1.82, 2.24) is 9.47 Å². The standard InChI is InChI=1S/C23H24ClN3O2S4/c1-4-7-12-27-20(28)17(32-22(27)19-21(29)26(6-3)23(30)33-19)10-11-18-25(5-2)15-13-14(24)8-9-16(15)31-18/h8-11,13H,4-7,12H2,1-3H3/b17-10?,18-11+,22-19?. The number of hydrogen-bond acceptors (Lipinski definition) is 7. The molecule has 2 aromatic rings. The van der Waals surface area contributed by atoms with Gasteiger partial charge in [-0.1, -0.05) is 60.7 Å². The van der Waals surface area contributed by atoms with Crippen LogP contribution in [0.5, 0.6) is 0 Å². The Kier molecular flexibility index (Phi) is 7.75. The molecule has 1 amide bonds. The predicted octanol–water partition coefficient (Wildman–Crippen LogP) is 4.61. The van der Waals surface area contributed by atoms with E-state index in [9.17, 15) is 9.59 Å². The summed E-state index contributed by atoms with van der Waals surface area (Å²) in [6, 6.07) is 5.88. The molecule has 0 aliphatic carbocycles. The number of aromatic nitrogens is 1. The predicted molar refractivity (Wildman–Crippen MR) is 147 cm³/mol. The fourth-order valence-electron chi connectivity index (χ4n) is 3.69. The minimum absolute atomic E-state index is 0.0614. The van der Waals surface area contributed by atoms with Crippen LogP contribution in [-0.2, 0) is 11.3 Å². The summed E-state index contributed by atoms with van der Waals surface area (Å²) in [5.41, 5.74) is 1.02. The molecular formula is C23H24ClN3O2S4. The van der Waals surface area contributed by atoms with Crippen molar-refractivity contribution in [3.05, 3.63) is 53.9 Å². The number of hydrogen-bond donors (Lipinski definition) is 0. The van der Waals surface area contributed by atoms with E-state index >= 15 is 0 Å². The molecule has 2 aliphatic heterocycles. The van der Waals surface area contributed by atoms with Crippen LogP contribution in [0.3, 0.4) is 0 Å². The molecule has 1 aromatic carbocycles. The van der Waals surface area contributed by atoms with Crippen LogP contribution < -0.4 is 19.7 Å². The molecule has 0 saturated carbocycles. The fraction of sp³-hybridized carbons (Fsp3) is 0.348. The first-order valence-corrected chi connectivity index (χ1v) is 14.1. The van der Waals surface area contributed by atoms with E-state index in [4.69, 9.17) is 23.8 Å². The smallest absolute Gasteiger partial charge is 0.269 e. The van der Waals surface area contributed by atoms with Crippen LogP contribution in [0, 0.1) is 0 Å². The summed E-state index contributed by atoms with van der Waals surface area (Å²) >= 11 is 15.9. The van der Waals surface area contributed by atoms with Gasteiger partial charge in [-0.25, -0.2) is 0 Å². The van der Waals surface area contributed by atoms with Gasteiger partial charge in [-0.05, 0) is 50.6 Å². The molecule has 1 saturated heterocycles. The van der Waals surface area contributed by atoms with Gasteiger partial charge in [-0.2, -0.15) is 0 Å². The topological polar surface area (TPSA) is 45.6 Å². The first-order chi connectivity index (χ1) is 15.9. The molecule has 0 N–H and O–H groups in total. The number of fused-ring (bicyclic) bond motifs is 1. The Hall–Kier alpha value is -1.52. The van der Waals surface area contributed by atoms with Crippen LogP contribution in [0.15, 0.2) is 39.0 Å². The van der Waals surface area contributed by atoms with Crippen molar-refractivity contribution >= 4 is 85.6 Å². The third kappa shape index (κ3) is 4.71. The molecule has 0 atom stereocenters. The maximum Gasteiger partial charge on any atom is 0.269 e. The van der Waals surface area contributed by atoms with Gasteiger partial charge in [0, 0.05) is 29.6 Å². The lowest BCUT2D eigenvalue weighted by atomic mass is 10.3. The second kappa shape index (κ2) is 10.4. The highest BCUT2D eigenvalue weighted by Gasteiger charge is 2.33. The van der Waals surface area contributed by atoms with Crippen molar-refractivity contribution in [3.63, 3.8) is 0 Å². The van der Waals surface area contributed by atoms with E-state index in [0.717, 1.165) is 35.0 Å². The molecular weight excluding hydrogens is 514 g/mol. The molecule has 1 aromatic heterocycles. The maximum atomic E-state index is 13.3. The number of rotatable bonds is 6. The minimum Gasteiger partial charge on any atom is -0.335 e. The van der Waals surface area contributed by atoms with Crippen molar-refractivity contribution in [2.24, 2.45) is 0 Å². The van der Waals surface area contributed by atoms with Gasteiger partial charge in [-0.15, -0.1) is 11.3 Å². The molecule has 3 heterocycles. The van der Waals surface area contributed by atoms with Crippen LogP contribution in [0.25, 0.3) is 11.0 Å². The van der Waals surface area contributed by atoms with Crippen LogP contribution >= 0.6 is 58.7 Å². The number of carbonyl (C=O) groups is 1. The lowest BCUT2D eigenvalue weighted by Crippen LogP contribution is -2.33. The lowest BCUT2D eigenvalue weighted by Gasteiger charge is -2.17. The molecule has 10 heteroatoms. The Morgan fingerprint density at radius 3 is 2.48 bits per heavy atom. The summed E-state index contributed by atoms with van der Waals surface area (Å²) in [6.45, 7) is 7.99. The molecule has 1 fully saturated rings. The number of unbranched alkanes of at least 4 members (excludes halogenated alkanes) is 1. The first kappa shape index (κ1) is 24.6. The van der Waals surface area contributed by atoms with E-state index < -0.39 is 0 Å². The number of nitrogens with zero attached hydrogens (tertiary/aromatic N) is 3. The third-order valence-electron chi connectivity index (χ3n) is 5.39. The average molecular weight is 538 g/mol. The summed E-state index contributed by atoms with van der Waals surface area (Å²) in [7, 11) is 0. The highest BCUT2D eigenvalue weighted by Crippen LogP contribution is 2.46. The zero-order valence-electron chi connectivity index (χ0n) is 18.6. The SMILES string of the molecule is CCCCn1c(=C2SC(=S)N(CC)C2=O)sc(=C/C=C2/Sc3ccc(Cl)cc3N2CC)c1=O. The largest absolute Gasteiger partial charge is 0.335 e. The molecule has 2 aliphatic rings. The Morgan fingerprint density at radius 2 is 1.82 bits per heavy atom. The normalized spacial score (nSPS) is 19.4. The average Bonchev–Trinajstić information content (AvgIpc) is 3.40. The Balaban J connectivity index is 1.81. The number of anilines is 1. The first-order valence-electron chi connectivity index (χ1n) is 10.8. The van der Waals surface area contributed by atoms with Gasteiger partial charge in [0.25, 0.3) is 11.5 Å². The summed E-state index contributed by atoms with van der Waals surface area (Å²) < 4.78 is 3.60. The van der Waals surface area contributed by atoms with Crippen molar-refractivity contribution in [2.45, 2.75) is 45.1 Å². The minimum atomic E-state index is -0.111. The van der Waals surface area contributed by atoms with Crippen LogP contribution in [0.2, 0.25) is 5.02 Å². The second-order valence-corrected chi connectivity index (χ2v) is 11.6. The van der Waals surface area contributed by atoms with Gasteiger partial charge < -0.3 is 4.90 Å². The molecule has 0 radical (unpaired) electrons. The number of amides is 1.